The van der Waals surface area contributed by atoms with E-state index in [9.17, 15) is 8.42 Å². The summed E-state index contributed by atoms with van der Waals surface area (Å²) in [5, 5.41) is 3.23. The zero-order valence-electron chi connectivity index (χ0n) is 10.5. The second-order valence-electron chi connectivity index (χ2n) is 4.76. The molecule has 18 heavy (non-hydrogen) atoms. The van der Waals surface area contributed by atoms with Crippen molar-refractivity contribution in [2.45, 2.75) is 19.8 Å². The average molecular weight is 269 g/mol. The molecular formula is C12H19N3O2S. The van der Waals surface area contributed by atoms with Crippen LogP contribution < -0.4 is 10.0 Å². The van der Waals surface area contributed by atoms with Gasteiger partial charge in [0.1, 0.15) is 0 Å². The first-order chi connectivity index (χ1) is 8.55. The van der Waals surface area contributed by atoms with Crippen LogP contribution in [0.1, 0.15) is 18.5 Å². The highest BCUT2D eigenvalue weighted by Crippen LogP contribution is 2.16. The van der Waals surface area contributed by atoms with E-state index < -0.39 is 10.0 Å². The predicted molar refractivity (Wildman–Crippen MR) is 72.0 cm³/mol. The molecule has 0 radical (unpaired) electrons. The van der Waals surface area contributed by atoms with Gasteiger partial charge in [-0.05, 0) is 50.9 Å². The van der Waals surface area contributed by atoms with Crippen LogP contribution in [0.15, 0.2) is 18.3 Å². The summed E-state index contributed by atoms with van der Waals surface area (Å²) in [4.78, 5) is 4.04. The molecular weight excluding hydrogens is 250 g/mol. The van der Waals surface area contributed by atoms with Crippen LogP contribution in [0.5, 0.6) is 0 Å². The van der Waals surface area contributed by atoms with Crippen LogP contribution in [0.25, 0.3) is 0 Å². The second kappa shape index (κ2) is 5.67. The number of anilines is 1. The summed E-state index contributed by atoms with van der Waals surface area (Å²) in [6.45, 7) is 3.66. The Hall–Kier alpha value is -1.14. The van der Waals surface area contributed by atoms with Crippen LogP contribution in [-0.2, 0) is 10.0 Å². The van der Waals surface area contributed by atoms with E-state index in [1.807, 2.05) is 6.92 Å². The minimum absolute atomic E-state index is 0.204. The molecule has 0 amide bonds. The molecule has 5 nitrogen and oxygen atoms in total. The van der Waals surface area contributed by atoms with Gasteiger partial charge in [0.05, 0.1) is 11.4 Å². The van der Waals surface area contributed by atoms with Crippen LogP contribution in [0.3, 0.4) is 0 Å². The molecule has 0 unspecified atom stereocenters. The Bertz CT molecular complexity index is 496. The van der Waals surface area contributed by atoms with Gasteiger partial charge in [0.15, 0.2) is 0 Å². The maximum Gasteiger partial charge on any atom is 0.232 e. The van der Waals surface area contributed by atoms with Crippen molar-refractivity contribution >= 4 is 15.7 Å². The van der Waals surface area contributed by atoms with E-state index >= 15 is 0 Å². The predicted octanol–water partition coefficient (Wildman–Crippen LogP) is 1.13. The number of hydrogen-bond donors (Lipinski definition) is 2. The Kier molecular flexibility index (Phi) is 4.19. The van der Waals surface area contributed by atoms with E-state index in [4.69, 9.17) is 0 Å². The van der Waals surface area contributed by atoms with Crippen LogP contribution in [0, 0.1) is 12.8 Å². The zero-order valence-corrected chi connectivity index (χ0v) is 11.3. The standard InChI is InChI=1S/C12H19N3O2S/c1-10-8-12(4-7-14-10)15-18(16,17)9-11-2-5-13-6-3-11/h4,7-8,11,13H,2-3,5-6,9H2,1H3,(H,14,15). The molecule has 6 heteroatoms. The lowest BCUT2D eigenvalue weighted by Crippen LogP contribution is -2.33. The number of hydrogen-bond acceptors (Lipinski definition) is 4. The first kappa shape index (κ1) is 13.3. The van der Waals surface area contributed by atoms with E-state index in [2.05, 4.69) is 15.0 Å². The van der Waals surface area contributed by atoms with Crippen LogP contribution in [0.4, 0.5) is 5.69 Å². The summed E-state index contributed by atoms with van der Waals surface area (Å²) < 4.78 is 26.7. The van der Waals surface area contributed by atoms with Gasteiger partial charge in [0, 0.05) is 11.9 Å². The molecule has 1 aromatic rings. The van der Waals surface area contributed by atoms with Crippen molar-refractivity contribution in [2.75, 3.05) is 23.6 Å². The van der Waals surface area contributed by atoms with Crippen molar-refractivity contribution in [3.8, 4) is 0 Å². The molecule has 0 aromatic carbocycles. The largest absolute Gasteiger partial charge is 0.317 e. The van der Waals surface area contributed by atoms with Gasteiger partial charge in [0.25, 0.3) is 0 Å². The van der Waals surface area contributed by atoms with Gasteiger partial charge in [-0.25, -0.2) is 8.42 Å². The fraction of sp³-hybridized carbons (Fsp3) is 0.583. The molecule has 1 aliphatic heterocycles. The van der Waals surface area contributed by atoms with E-state index in [0.29, 0.717) is 5.69 Å². The van der Waals surface area contributed by atoms with Crippen LogP contribution >= 0.6 is 0 Å². The molecule has 0 bridgehead atoms. The molecule has 1 aromatic heterocycles. The van der Waals surface area contributed by atoms with E-state index in [-0.39, 0.29) is 11.7 Å². The van der Waals surface area contributed by atoms with Gasteiger partial charge in [-0.2, -0.15) is 0 Å². The second-order valence-corrected chi connectivity index (χ2v) is 6.53. The van der Waals surface area contributed by atoms with Crippen molar-refractivity contribution < 1.29 is 8.42 Å². The van der Waals surface area contributed by atoms with Gasteiger partial charge in [-0.3, -0.25) is 9.71 Å². The molecule has 0 spiro atoms. The highest BCUT2D eigenvalue weighted by Gasteiger charge is 2.21. The van der Waals surface area contributed by atoms with E-state index in [1.54, 1.807) is 18.3 Å². The lowest BCUT2D eigenvalue weighted by Gasteiger charge is -2.22. The van der Waals surface area contributed by atoms with Crippen LogP contribution in [-0.4, -0.2) is 32.2 Å². The van der Waals surface area contributed by atoms with Gasteiger partial charge >= 0.3 is 0 Å². The molecule has 1 fully saturated rings. The van der Waals surface area contributed by atoms with Crippen LogP contribution in [0.2, 0.25) is 0 Å². The maximum atomic E-state index is 12.0. The molecule has 1 aliphatic rings. The first-order valence-electron chi connectivity index (χ1n) is 6.19. The van der Waals surface area contributed by atoms with Crippen molar-refractivity contribution in [1.29, 1.82) is 0 Å². The highest BCUT2D eigenvalue weighted by molar-refractivity contribution is 7.92. The van der Waals surface area contributed by atoms with Gasteiger partial charge in [0.2, 0.25) is 10.0 Å². The SMILES string of the molecule is Cc1cc(NS(=O)(=O)CC2CCNCC2)ccn1. The van der Waals surface area contributed by atoms with Gasteiger partial charge in [-0.1, -0.05) is 0 Å². The normalized spacial score (nSPS) is 17.6. The molecule has 2 rings (SSSR count). The zero-order chi connectivity index (χ0) is 13.0. The van der Waals surface area contributed by atoms with E-state index in [1.165, 1.54) is 0 Å². The average Bonchev–Trinajstić information content (AvgIpc) is 2.28. The topological polar surface area (TPSA) is 71.1 Å². The molecule has 1 saturated heterocycles. The Labute approximate surface area is 108 Å². The number of nitrogens with zero attached hydrogens (tertiary/aromatic N) is 1. The van der Waals surface area contributed by atoms with Crippen molar-refractivity contribution in [1.82, 2.24) is 10.3 Å². The van der Waals surface area contributed by atoms with Crippen molar-refractivity contribution in [3.05, 3.63) is 24.0 Å². The quantitative estimate of drug-likeness (QED) is 0.859. The molecule has 0 atom stereocenters. The number of rotatable bonds is 4. The molecule has 0 saturated carbocycles. The third kappa shape index (κ3) is 3.96. The molecule has 2 N–H and O–H groups in total. The summed E-state index contributed by atoms with van der Waals surface area (Å²) in [6, 6.07) is 3.41. The Morgan fingerprint density at radius 1 is 1.44 bits per heavy atom. The molecule has 100 valence electrons. The number of pyridine rings is 1. The maximum absolute atomic E-state index is 12.0. The fourth-order valence-corrected chi connectivity index (χ4v) is 3.71. The summed E-state index contributed by atoms with van der Waals surface area (Å²) in [6.07, 6.45) is 3.46. The number of aromatic nitrogens is 1. The number of piperidine rings is 1. The van der Waals surface area contributed by atoms with Gasteiger partial charge in [-0.15, -0.1) is 0 Å². The molecule has 2 heterocycles. The number of sulfonamides is 1. The van der Waals surface area contributed by atoms with Gasteiger partial charge < -0.3 is 5.32 Å². The minimum atomic E-state index is -3.26. The Morgan fingerprint density at radius 2 is 2.17 bits per heavy atom. The third-order valence-electron chi connectivity index (χ3n) is 3.08. The summed E-state index contributed by atoms with van der Waals surface area (Å²) >= 11 is 0. The monoisotopic (exact) mass is 269 g/mol. The lowest BCUT2D eigenvalue weighted by atomic mass is 10.0. The highest BCUT2D eigenvalue weighted by atomic mass is 32.2. The number of nitrogens with one attached hydrogen (secondary N) is 2. The summed E-state index contributed by atoms with van der Waals surface area (Å²) in [7, 11) is -3.26. The summed E-state index contributed by atoms with van der Waals surface area (Å²) in [5.41, 5.74) is 1.40. The first-order valence-corrected chi connectivity index (χ1v) is 7.84. The van der Waals surface area contributed by atoms with Crippen molar-refractivity contribution in [2.24, 2.45) is 5.92 Å². The van der Waals surface area contributed by atoms with Crippen molar-refractivity contribution in [3.63, 3.8) is 0 Å². The Balaban J connectivity index is 1.98. The molecule has 0 aliphatic carbocycles. The van der Waals surface area contributed by atoms with E-state index in [0.717, 1.165) is 31.6 Å². The summed E-state index contributed by atoms with van der Waals surface area (Å²) in [5.74, 6) is 0.461. The lowest BCUT2D eigenvalue weighted by molar-refractivity contribution is 0.402. The minimum Gasteiger partial charge on any atom is -0.317 e. The fourth-order valence-electron chi connectivity index (χ4n) is 2.19. The Morgan fingerprint density at radius 3 is 2.83 bits per heavy atom. The third-order valence-corrected chi connectivity index (χ3v) is 4.54. The number of aryl methyl sites for hydroxylation is 1. The smallest absolute Gasteiger partial charge is 0.232 e.